The van der Waals surface area contributed by atoms with E-state index in [-0.39, 0.29) is 6.54 Å². The van der Waals surface area contributed by atoms with Crippen molar-refractivity contribution in [3.8, 4) is 0 Å². The molecule has 0 unspecified atom stereocenters. The molecule has 0 aliphatic rings. The number of hydrogen-bond donors (Lipinski definition) is 1. The number of nitrogens with zero attached hydrogens (tertiary/aromatic N) is 2. The van der Waals surface area contributed by atoms with Gasteiger partial charge in [-0.05, 0) is 12.5 Å². The average molecular weight is 283 g/mol. The van der Waals surface area contributed by atoms with Crippen LogP contribution in [0.25, 0.3) is 0 Å². The minimum absolute atomic E-state index is 0.224. The van der Waals surface area contributed by atoms with Crippen LogP contribution in [-0.4, -0.2) is 15.8 Å². The molecule has 4 nitrogen and oxygen atoms in total. The molecule has 20 heavy (non-hydrogen) atoms. The van der Waals surface area contributed by atoms with Gasteiger partial charge in [0.25, 0.3) is 0 Å². The highest BCUT2D eigenvalue weighted by molar-refractivity contribution is 5.75. The van der Waals surface area contributed by atoms with Crippen molar-refractivity contribution in [2.45, 2.75) is 19.6 Å². The van der Waals surface area contributed by atoms with Crippen molar-refractivity contribution < 1.29 is 18.0 Å². The zero-order valence-corrected chi connectivity index (χ0v) is 10.6. The number of rotatable bonds is 2. The Balaban J connectivity index is 2.00. The van der Waals surface area contributed by atoms with E-state index in [1.54, 1.807) is 0 Å². The molecule has 0 aliphatic heterocycles. The van der Waals surface area contributed by atoms with Crippen LogP contribution in [0.3, 0.4) is 0 Å². The molecular weight excluding hydrogens is 271 g/mol. The van der Waals surface area contributed by atoms with E-state index in [0.717, 1.165) is 11.1 Å². The first kappa shape index (κ1) is 14.1. The Hall–Kier alpha value is -2.31. The lowest BCUT2D eigenvalue weighted by Gasteiger charge is -2.06. The van der Waals surface area contributed by atoms with Gasteiger partial charge < -0.3 is 5.32 Å². The van der Waals surface area contributed by atoms with Crippen molar-refractivity contribution in [1.82, 2.24) is 15.1 Å². The van der Waals surface area contributed by atoms with Crippen molar-refractivity contribution in [2.24, 2.45) is 0 Å². The third-order valence-electron chi connectivity index (χ3n) is 2.64. The summed E-state index contributed by atoms with van der Waals surface area (Å²) >= 11 is 0. The van der Waals surface area contributed by atoms with E-state index in [9.17, 15) is 18.0 Å². The molecule has 0 atom stereocenters. The zero-order valence-electron chi connectivity index (χ0n) is 10.6. The number of aromatic nitrogens is 2. The Bertz CT molecular complexity index is 619. The van der Waals surface area contributed by atoms with Crippen molar-refractivity contribution in [2.75, 3.05) is 0 Å². The number of aryl methyl sites for hydroxylation is 1. The second-order valence-corrected chi connectivity index (χ2v) is 4.32. The molecule has 1 amide bonds. The van der Waals surface area contributed by atoms with E-state index in [1.165, 1.54) is 0 Å². The fraction of sp³-hybridized carbons (Fsp3) is 0.231. The van der Waals surface area contributed by atoms with Gasteiger partial charge in [-0.3, -0.25) is 0 Å². The number of carbonyl (C=O) groups excluding carboxylic acids is 1. The summed E-state index contributed by atoms with van der Waals surface area (Å²) in [6, 6.07) is 6.74. The van der Waals surface area contributed by atoms with E-state index >= 15 is 0 Å². The van der Waals surface area contributed by atoms with Gasteiger partial charge in [0.2, 0.25) is 0 Å². The van der Waals surface area contributed by atoms with Crippen LogP contribution in [0.4, 0.5) is 18.0 Å². The van der Waals surface area contributed by atoms with E-state index in [1.807, 2.05) is 31.2 Å². The normalized spacial score (nSPS) is 11.4. The number of amides is 1. The van der Waals surface area contributed by atoms with Crippen molar-refractivity contribution in [3.63, 3.8) is 0 Å². The maximum Gasteiger partial charge on any atom is 0.419 e. The van der Waals surface area contributed by atoms with Crippen molar-refractivity contribution >= 4 is 6.03 Å². The number of alkyl halides is 3. The monoisotopic (exact) mass is 283 g/mol. The molecule has 0 fully saturated rings. The van der Waals surface area contributed by atoms with Crippen LogP contribution < -0.4 is 5.32 Å². The van der Waals surface area contributed by atoms with Gasteiger partial charge in [-0.1, -0.05) is 29.8 Å². The van der Waals surface area contributed by atoms with Crippen LogP contribution in [0, 0.1) is 6.92 Å². The number of nitrogens with one attached hydrogen (secondary N) is 1. The minimum Gasteiger partial charge on any atom is -0.332 e. The summed E-state index contributed by atoms with van der Waals surface area (Å²) < 4.78 is 37.8. The standard InChI is InChI=1S/C13H12F3N3O/c1-9-3-2-4-10(5-9)6-17-12(20)19-8-11(7-18-19)13(14,15)16/h2-5,7-8H,6H2,1H3,(H,17,20). The van der Waals surface area contributed by atoms with Gasteiger partial charge in [0, 0.05) is 12.7 Å². The van der Waals surface area contributed by atoms with Gasteiger partial charge in [0.15, 0.2) is 0 Å². The van der Waals surface area contributed by atoms with Gasteiger partial charge >= 0.3 is 12.2 Å². The Kier molecular flexibility index (Phi) is 3.78. The molecule has 106 valence electrons. The predicted octanol–water partition coefficient (Wildman–Crippen LogP) is 2.97. The summed E-state index contributed by atoms with van der Waals surface area (Å²) in [5.41, 5.74) is 0.944. The molecule has 0 radical (unpaired) electrons. The predicted molar refractivity (Wildman–Crippen MR) is 66.0 cm³/mol. The highest BCUT2D eigenvalue weighted by Gasteiger charge is 2.32. The Morgan fingerprint density at radius 3 is 2.75 bits per heavy atom. The Morgan fingerprint density at radius 1 is 1.40 bits per heavy atom. The summed E-state index contributed by atoms with van der Waals surface area (Å²) in [5, 5.41) is 5.90. The van der Waals surface area contributed by atoms with E-state index in [4.69, 9.17) is 0 Å². The number of carbonyl (C=O) groups is 1. The number of benzene rings is 1. The van der Waals surface area contributed by atoms with Gasteiger partial charge in [0.05, 0.1) is 11.8 Å². The molecule has 1 aromatic heterocycles. The van der Waals surface area contributed by atoms with E-state index in [0.29, 0.717) is 17.1 Å². The van der Waals surface area contributed by atoms with Crippen LogP contribution in [0.5, 0.6) is 0 Å². The first-order chi connectivity index (χ1) is 9.36. The Labute approximate surface area is 113 Å². The maximum absolute atomic E-state index is 12.4. The third kappa shape index (κ3) is 3.37. The van der Waals surface area contributed by atoms with E-state index in [2.05, 4.69) is 10.4 Å². The van der Waals surface area contributed by atoms with Crippen molar-refractivity contribution in [1.29, 1.82) is 0 Å². The smallest absolute Gasteiger partial charge is 0.332 e. The maximum atomic E-state index is 12.4. The first-order valence-electron chi connectivity index (χ1n) is 5.82. The van der Waals surface area contributed by atoms with Gasteiger partial charge in [-0.25, -0.2) is 4.79 Å². The van der Waals surface area contributed by atoms with Crippen LogP contribution in [0.2, 0.25) is 0 Å². The van der Waals surface area contributed by atoms with Gasteiger partial charge in [0.1, 0.15) is 0 Å². The lowest BCUT2D eigenvalue weighted by molar-refractivity contribution is -0.137. The number of hydrogen-bond acceptors (Lipinski definition) is 2. The largest absolute Gasteiger partial charge is 0.419 e. The summed E-state index contributed by atoms with van der Waals surface area (Å²) in [4.78, 5) is 11.7. The molecule has 0 spiro atoms. The fourth-order valence-electron chi connectivity index (χ4n) is 1.66. The molecule has 2 aromatic rings. The minimum atomic E-state index is -4.50. The van der Waals surface area contributed by atoms with Crippen LogP contribution in [-0.2, 0) is 12.7 Å². The molecule has 0 bridgehead atoms. The van der Waals surface area contributed by atoms with Crippen LogP contribution >= 0.6 is 0 Å². The molecule has 7 heteroatoms. The lowest BCUT2D eigenvalue weighted by atomic mass is 10.1. The van der Waals surface area contributed by atoms with Crippen LogP contribution in [0.15, 0.2) is 36.7 Å². The molecule has 0 saturated heterocycles. The second-order valence-electron chi connectivity index (χ2n) is 4.32. The summed E-state index contributed by atoms with van der Waals surface area (Å²) in [6.07, 6.45) is -3.23. The highest BCUT2D eigenvalue weighted by Crippen LogP contribution is 2.28. The SMILES string of the molecule is Cc1cccc(CNC(=O)n2cc(C(F)(F)F)cn2)c1. The third-order valence-corrected chi connectivity index (χ3v) is 2.64. The molecule has 1 aromatic carbocycles. The fourth-order valence-corrected chi connectivity index (χ4v) is 1.66. The quantitative estimate of drug-likeness (QED) is 0.921. The summed E-state index contributed by atoms with van der Waals surface area (Å²) in [6.45, 7) is 2.14. The topological polar surface area (TPSA) is 46.9 Å². The van der Waals surface area contributed by atoms with Gasteiger partial charge in [-0.2, -0.15) is 23.0 Å². The first-order valence-corrected chi connectivity index (χ1v) is 5.82. The highest BCUT2D eigenvalue weighted by atomic mass is 19.4. The number of halogens is 3. The zero-order chi connectivity index (χ0) is 14.8. The summed E-state index contributed by atoms with van der Waals surface area (Å²) in [7, 11) is 0. The van der Waals surface area contributed by atoms with E-state index < -0.39 is 17.8 Å². The van der Waals surface area contributed by atoms with Gasteiger partial charge in [-0.15, -0.1) is 0 Å². The molecule has 1 heterocycles. The molecule has 0 aliphatic carbocycles. The average Bonchev–Trinajstić information content (AvgIpc) is 2.85. The second kappa shape index (κ2) is 5.36. The molecular formula is C13H12F3N3O. The Morgan fingerprint density at radius 2 is 2.15 bits per heavy atom. The molecule has 0 saturated carbocycles. The molecule has 1 N–H and O–H groups in total. The van der Waals surface area contributed by atoms with Crippen LogP contribution in [0.1, 0.15) is 16.7 Å². The lowest BCUT2D eigenvalue weighted by Crippen LogP contribution is -2.28. The van der Waals surface area contributed by atoms with Crippen molar-refractivity contribution in [3.05, 3.63) is 53.3 Å². The summed E-state index contributed by atoms with van der Waals surface area (Å²) in [5.74, 6) is 0. The molecule has 2 rings (SSSR count).